The Labute approximate surface area is 113 Å². The smallest absolute Gasteiger partial charge is 0.324 e. The number of aromatic nitrogens is 1. The third-order valence-corrected chi connectivity index (χ3v) is 3.27. The molecule has 1 fully saturated rings. The molecule has 0 radical (unpaired) electrons. The summed E-state index contributed by atoms with van der Waals surface area (Å²) in [5.74, 6) is -0.289. The topological polar surface area (TPSA) is 103 Å². The summed E-state index contributed by atoms with van der Waals surface area (Å²) in [4.78, 5) is 39.1. The second kappa shape index (κ2) is 5.65. The van der Waals surface area contributed by atoms with Crippen molar-refractivity contribution >= 4 is 34.4 Å². The number of hydrogen-bond donors (Lipinski definition) is 3. The van der Waals surface area contributed by atoms with Crippen molar-refractivity contribution < 1.29 is 14.4 Å². The van der Waals surface area contributed by atoms with Crippen LogP contribution >= 0.6 is 11.3 Å². The Hall–Kier alpha value is -2.16. The van der Waals surface area contributed by atoms with E-state index < -0.39 is 12.1 Å². The monoisotopic (exact) mass is 283 g/mol. The third kappa shape index (κ3) is 3.41. The fourth-order valence-electron chi connectivity index (χ4n) is 1.52. The van der Waals surface area contributed by atoms with E-state index in [0.29, 0.717) is 5.13 Å². The molecular formula is C10H13N5O3S. The van der Waals surface area contributed by atoms with E-state index in [1.807, 2.05) is 12.3 Å². The highest BCUT2D eigenvalue weighted by Crippen LogP contribution is 2.13. The van der Waals surface area contributed by atoms with Crippen LogP contribution in [0.4, 0.5) is 14.7 Å². The van der Waals surface area contributed by atoms with Crippen molar-refractivity contribution in [1.29, 1.82) is 0 Å². The van der Waals surface area contributed by atoms with Gasteiger partial charge >= 0.3 is 12.1 Å². The second-order valence-corrected chi connectivity index (χ2v) is 4.74. The molecule has 0 saturated carbocycles. The number of amides is 5. The van der Waals surface area contributed by atoms with E-state index in [2.05, 4.69) is 20.9 Å². The lowest BCUT2D eigenvalue weighted by molar-refractivity contribution is -0.124. The predicted molar refractivity (Wildman–Crippen MR) is 69.0 cm³/mol. The fraction of sp³-hybridized carbons (Fsp3) is 0.400. The highest BCUT2D eigenvalue weighted by Gasteiger charge is 2.27. The first kappa shape index (κ1) is 13.3. The average molecular weight is 283 g/mol. The summed E-state index contributed by atoms with van der Waals surface area (Å²) in [6, 6.07) is -0.843. The number of anilines is 1. The van der Waals surface area contributed by atoms with E-state index >= 15 is 0 Å². The van der Waals surface area contributed by atoms with Gasteiger partial charge in [0.25, 0.3) is 0 Å². The van der Waals surface area contributed by atoms with Crippen LogP contribution in [0.3, 0.4) is 0 Å². The van der Waals surface area contributed by atoms with Gasteiger partial charge in [0.15, 0.2) is 5.13 Å². The van der Waals surface area contributed by atoms with Crippen LogP contribution in [0.25, 0.3) is 0 Å². The molecule has 1 aromatic heterocycles. The second-order valence-electron chi connectivity index (χ2n) is 3.88. The normalized spacial score (nSPS) is 14.5. The quantitative estimate of drug-likeness (QED) is 0.683. The lowest BCUT2D eigenvalue weighted by Gasteiger charge is -2.12. The molecule has 2 heterocycles. The van der Waals surface area contributed by atoms with Gasteiger partial charge in [-0.25, -0.2) is 14.6 Å². The van der Waals surface area contributed by atoms with Gasteiger partial charge in [-0.15, -0.1) is 11.3 Å². The zero-order valence-corrected chi connectivity index (χ0v) is 11.0. The highest BCUT2D eigenvalue weighted by molar-refractivity contribution is 7.13. The molecule has 0 bridgehead atoms. The van der Waals surface area contributed by atoms with Crippen LogP contribution in [0.2, 0.25) is 0 Å². The summed E-state index contributed by atoms with van der Waals surface area (Å²) in [6.45, 7) is 2.19. The van der Waals surface area contributed by atoms with Gasteiger partial charge < -0.3 is 10.6 Å². The van der Waals surface area contributed by atoms with Crippen molar-refractivity contribution in [3.63, 3.8) is 0 Å². The molecule has 8 nitrogen and oxygen atoms in total. The van der Waals surface area contributed by atoms with Gasteiger partial charge in [0, 0.05) is 18.5 Å². The number of nitrogens with one attached hydrogen (secondary N) is 3. The number of carbonyl (C=O) groups is 3. The first-order valence-electron chi connectivity index (χ1n) is 5.61. The largest absolute Gasteiger partial charge is 0.336 e. The number of hydrogen-bond acceptors (Lipinski definition) is 5. The molecule has 102 valence electrons. The van der Waals surface area contributed by atoms with Crippen molar-refractivity contribution in [2.24, 2.45) is 0 Å². The fourth-order valence-corrected chi connectivity index (χ4v) is 2.20. The molecule has 2 rings (SSSR count). The molecule has 1 saturated heterocycles. The number of thiazole rings is 1. The van der Waals surface area contributed by atoms with Crippen molar-refractivity contribution in [2.75, 3.05) is 25.0 Å². The van der Waals surface area contributed by atoms with Crippen molar-refractivity contribution in [3.05, 3.63) is 11.1 Å². The van der Waals surface area contributed by atoms with Crippen LogP contribution in [0.15, 0.2) is 5.38 Å². The van der Waals surface area contributed by atoms with E-state index in [1.165, 1.54) is 11.3 Å². The van der Waals surface area contributed by atoms with Crippen LogP contribution in [0.5, 0.6) is 0 Å². The Kier molecular flexibility index (Phi) is 3.95. The molecule has 3 N–H and O–H groups in total. The summed E-state index contributed by atoms with van der Waals surface area (Å²) in [6.07, 6.45) is 0. The predicted octanol–water partition coefficient (Wildman–Crippen LogP) is 0.125. The molecule has 0 spiro atoms. The molecule has 9 heteroatoms. The minimum atomic E-state index is -0.428. The number of rotatable bonds is 4. The maximum absolute atomic E-state index is 11.5. The van der Waals surface area contributed by atoms with Crippen LogP contribution in [0.1, 0.15) is 5.69 Å². The summed E-state index contributed by atoms with van der Waals surface area (Å²) in [5, 5.41) is 9.84. The van der Waals surface area contributed by atoms with E-state index in [4.69, 9.17) is 0 Å². The Morgan fingerprint density at radius 1 is 1.58 bits per heavy atom. The minimum absolute atomic E-state index is 0.0173. The first-order chi connectivity index (χ1) is 9.06. The minimum Gasteiger partial charge on any atom is -0.336 e. The van der Waals surface area contributed by atoms with E-state index in [-0.39, 0.29) is 25.5 Å². The molecule has 1 aliphatic rings. The summed E-state index contributed by atoms with van der Waals surface area (Å²) >= 11 is 1.33. The number of carbonyl (C=O) groups excluding carboxylic acids is 3. The Balaban J connectivity index is 1.72. The van der Waals surface area contributed by atoms with Crippen LogP contribution in [-0.4, -0.2) is 47.5 Å². The zero-order valence-electron chi connectivity index (χ0n) is 10.2. The standard InChI is InChI=1S/C10H13N5O3S/c1-6-5-19-9(13-6)14-8(17)11-2-3-15-7(16)4-12-10(15)18/h5H,2-4H2,1H3,(H,12,18)(H2,11,13,14,17). The lowest BCUT2D eigenvalue weighted by Crippen LogP contribution is -2.39. The van der Waals surface area contributed by atoms with E-state index in [0.717, 1.165) is 10.6 Å². The molecule has 1 aliphatic heterocycles. The van der Waals surface area contributed by atoms with Crippen LogP contribution in [-0.2, 0) is 4.79 Å². The summed E-state index contributed by atoms with van der Waals surface area (Å²) in [5.41, 5.74) is 0.833. The van der Waals surface area contributed by atoms with Crippen LogP contribution < -0.4 is 16.0 Å². The summed E-state index contributed by atoms with van der Waals surface area (Å²) < 4.78 is 0. The highest BCUT2D eigenvalue weighted by atomic mass is 32.1. The molecule has 19 heavy (non-hydrogen) atoms. The Bertz CT molecular complexity index is 499. The molecule has 0 unspecified atom stereocenters. The van der Waals surface area contributed by atoms with Gasteiger partial charge in [0.1, 0.15) is 0 Å². The van der Waals surface area contributed by atoms with Gasteiger partial charge in [-0.05, 0) is 6.92 Å². The number of urea groups is 2. The number of imide groups is 1. The van der Waals surface area contributed by atoms with Crippen molar-refractivity contribution in [2.45, 2.75) is 6.92 Å². The van der Waals surface area contributed by atoms with Gasteiger partial charge in [-0.3, -0.25) is 15.0 Å². The van der Waals surface area contributed by atoms with Gasteiger partial charge in [0.2, 0.25) is 5.91 Å². The molecule has 5 amide bonds. The molecule has 0 aromatic carbocycles. The molecule has 0 atom stereocenters. The van der Waals surface area contributed by atoms with Crippen molar-refractivity contribution in [3.8, 4) is 0 Å². The third-order valence-electron chi connectivity index (χ3n) is 2.40. The van der Waals surface area contributed by atoms with Gasteiger partial charge in [-0.1, -0.05) is 0 Å². The summed E-state index contributed by atoms with van der Waals surface area (Å²) in [7, 11) is 0. The zero-order chi connectivity index (χ0) is 13.8. The van der Waals surface area contributed by atoms with Crippen LogP contribution in [0, 0.1) is 6.92 Å². The molecular weight excluding hydrogens is 270 g/mol. The molecule has 1 aromatic rings. The maximum Gasteiger partial charge on any atom is 0.324 e. The van der Waals surface area contributed by atoms with Gasteiger partial charge in [-0.2, -0.15) is 0 Å². The average Bonchev–Trinajstić information content (AvgIpc) is 2.89. The Morgan fingerprint density at radius 2 is 2.37 bits per heavy atom. The van der Waals surface area contributed by atoms with Gasteiger partial charge in [0.05, 0.1) is 12.2 Å². The van der Waals surface area contributed by atoms with E-state index in [9.17, 15) is 14.4 Å². The van der Waals surface area contributed by atoms with Crippen molar-refractivity contribution in [1.82, 2.24) is 20.5 Å². The van der Waals surface area contributed by atoms with E-state index in [1.54, 1.807) is 0 Å². The molecule has 0 aliphatic carbocycles. The number of aryl methyl sites for hydroxylation is 1. The first-order valence-corrected chi connectivity index (χ1v) is 6.49. The Morgan fingerprint density at radius 3 is 2.95 bits per heavy atom. The maximum atomic E-state index is 11.5. The number of nitrogens with zero attached hydrogens (tertiary/aromatic N) is 2. The lowest BCUT2D eigenvalue weighted by atomic mass is 10.5. The SMILES string of the molecule is Cc1csc(NC(=O)NCCN2C(=O)CNC2=O)n1.